The van der Waals surface area contributed by atoms with E-state index in [9.17, 15) is 0 Å². The van der Waals surface area contributed by atoms with Crippen molar-refractivity contribution in [3.63, 3.8) is 0 Å². The lowest BCUT2D eigenvalue weighted by molar-refractivity contribution is 0.816. The van der Waals surface area contributed by atoms with E-state index in [0.717, 1.165) is 22.5 Å². The number of fused-ring (bicyclic) bond motifs is 1. The number of pyridine rings is 1. The third kappa shape index (κ3) is 1.54. The molecule has 0 saturated carbocycles. The van der Waals surface area contributed by atoms with Crippen LogP contribution in [0.1, 0.15) is 16.8 Å². The van der Waals surface area contributed by atoms with E-state index in [0.29, 0.717) is 0 Å². The monoisotopic (exact) mass is 212 g/mol. The van der Waals surface area contributed by atoms with Crippen molar-refractivity contribution >= 4 is 17.8 Å². The molecule has 0 unspecified atom stereocenters. The number of tetrazole rings is 1. The van der Waals surface area contributed by atoms with Crippen molar-refractivity contribution in [2.75, 3.05) is 0 Å². The van der Waals surface area contributed by atoms with Crippen molar-refractivity contribution in [2.45, 2.75) is 6.92 Å². The standard InChI is InChI=1S/C12H12N4/c1-4-6-7-10-9(3)8-12-13-14-15-16(12)11(10)5-2/h4-8H,1-2H2,3H3/b7-6-. The smallest absolute Gasteiger partial charge is 0.180 e. The topological polar surface area (TPSA) is 43.1 Å². The van der Waals surface area contributed by atoms with Crippen molar-refractivity contribution in [3.8, 4) is 0 Å². The van der Waals surface area contributed by atoms with Crippen molar-refractivity contribution in [1.82, 2.24) is 20.0 Å². The molecule has 4 heteroatoms. The number of nitrogens with zero attached hydrogens (tertiary/aromatic N) is 4. The first-order chi connectivity index (χ1) is 7.77. The SMILES string of the molecule is C=C/C=C\c1c(C)cc2nnnn2c1C=C. The van der Waals surface area contributed by atoms with Crippen LogP contribution >= 0.6 is 0 Å². The lowest BCUT2D eigenvalue weighted by Gasteiger charge is -2.06. The van der Waals surface area contributed by atoms with Crippen LogP contribution in [-0.2, 0) is 0 Å². The summed E-state index contributed by atoms with van der Waals surface area (Å²) in [6.07, 6.45) is 7.33. The third-order valence-electron chi connectivity index (χ3n) is 2.36. The second-order valence-electron chi connectivity index (χ2n) is 3.37. The molecule has 16 heavy (non-hydrogen) atoms. The largest absolute Gasteiger partial charge is 0.193 e. The average molecular weight is 212 g/mol. The zero-order valence-electron chi connectivity index (χ0n) is 9.09. The predicted molar refractivity (Wildman–Crippen MR) is 64.8 cm³/mol. The number of allylic oxidation sites excluding steroid dienone is 2. The van der Waals surface area contributed by atoms with Gasteiger partial charge in [-0.3, -0.25) is 0 Å². The second kappa shape index (κ2) is 4.10. The molecule has 0 radical (unpaired) electrons. The van der Waals surface area contributed by atoms with E-state index in [-0.39, 0.29) is 0 Å². The molecule has 2 rings (SSSR count). The number of hydrogen-bond acceptors (Lipinski definition) is 3. The predicted octanol–water partition coefficient (Wildman–Crippen LogP) is 2.27. The molecule has 0 aliphatic rings. The van der Waals surface area contributed by atoms with Gasteiger partial charge in [-0.05, 0) is 35.1 Å². The van der Waals surface area contributed by atoms with Crippen LogP contribution in [0.25, 0.3) is 17.8 Å². The summed E-state index contributed by atoms with van der Waals surface area (Å²) >= 11 is 0. The van der Waals surface area contributed by atoms with E-state index in [1.54, 1.807) is 16.7 Å². The Morgan fingerprint density at radius 2 is 2.19 bits per heavy atom. The summed E-state index contributed by atoms with van der Waals surface area (Å²) in [5.74, 6) is 0. The number of aromatic nitrogens is 4. The van der Waals surface area contributed by atoms with E-state index in [4.69, 9.17) is 0 Å². The molecular formula is C12H12N4. The van der Waals surface area contributed by atoms with Gasteiger partial charge in [-0.15, -0.1) is 5.10 Å². The lowest BCUT2D eigenvalue weighted by atomic mass is 10.1. The van der Waals surface area contributed by atoms with Gasteiger partial charge < -0.3 is 0 Å². The summed E-state index contributed by atoms with van der Waals surface area (Å²) in [4.78, 5) is 0. The van der Waals surface area contributed by atoms with Crippen molar-refractivity contribution in [3.05, 3.63) is 48.2 Å². The quantitative estimate of drug-likeness (QED) is 0.733. The number of rotatable bonds is 3. The normalized spacial score (nSPS) is 11.1. The molecule has 2 aromatic heterocycles. The summed E-state index contributed by atoms with van der Waals surface area (Å²) in [5.41, 5.74) is 3.77. The van der Waals surface area contributed by atoms with E-state index in [1.807, 2.05) is 25.1 Å². The van der Waals surface area contributed by atoms with Crippen molar-refractivity contribution in [2.24, 2.45) is 0 Å². The van der Waals surface area contributed by atoms with E-state index >= 15 is 0 Å². The molecule has 0 bridgehead atoms. The summed E-state index contributed by atoms with van der Waals surface area (Å²) < 4.78 is 1.67. The first-order valence-corrected chi connectivity index (χ1v) is 4.91. The summed E-state index contributed by atoms with van der Waals surface area (Å²) in [6.45, 7) is 9.47. The summed E-state index contributed by atoms with van der Waals surface area (Å²) in [6, 6.07) is 1.94. The zero-order valence-corrected chi connectivity index (χ0v) is 9.09. The molecule has 0 fully saturated rings. The van der Waals surface area contributed by atoms with Crippen molar-refractivity contribution in [1.29, 1.82) is 0 Å². The highest BCUT2D eigenvalue weighted by Gasteiger charge is 2.08. The Balaban J connectivity index is 2.79. The Kier molecular flexibility index (Phi) is 2.64. The summed E-state index contributed by atoms with van der Waals surface area (Å²) in [7, 11) is 0. The minimum Gasteiger partial charge on any atom is -0.193 e. The molecule has 0 aliphatic carbocycles. The van der Waals surface area contributed by atoms with Gasteiger partial charge in [0.2, 0.25) is 0 Å². The van der Waals surface area contributed by atoms with Crippen LogP contribution < -0.4 is 0 Å². The maximum atomic E-state index is 3.92. The molecule has 0 N–H and O–H groups in total. The minimum absolute atomic E-state index is 0.725. The molecule has 0 amide bonds. The Morgan fingerprint density at radius 3 is 2.88 bits per heavy atom. The van der Waals surface area contributed by atoms with Gasteiger partial charge in [0.15, 0.2) is 5.65 Å². The van der Waals surface area contributed by atoms with Crippen LogP contribution in [0.4, 0.5) is 0 Å². The van der Waals surface area contributed by atoms with Gasteiger partial charge in [-0.25, -0.2) is 0 Å². The highest BCUT2D eigenvalue weighted by molar-refractivity contribution is 5.68. The van der Waals surface area contributed by atoms with Crippen LogP contribution in [0.2, 0.25) is 0 Å². The van der Waals surface area contributed by atoms with Gasteiger partial charge in [-0.2, -0.15) is 4.52 Å². The Bertz CT molecular complexity index is 578. The highest BCUT2D eigenvalue weighted by atomic mass is 15.5. The highest BCUT2D eigenvalue weighted by Crippen LogP contribution is 2.18. The van der Waals surface area contributed by atoms with E-state index in [2.05, 4.69) is 28.7 Å². The van der Waals surface area contributed by atoms with Crippen LogP contribution in [0.3, 0.4) is 0 Å². The molecular weight excluding hydrogens is 200 g/mol. The second-order valence-corrected chi connectivity index (χ2v) is 3.37. The van der Waals surface area contributed by atoms with E-state index < -0.39 is 0 Å². The molecule has 0 saturated heterocycles. The van der Waals surface area contributed by atoms with Crippen LogP contribution in [0.15, 0.2) is 31.4 Å². The first-order valence-electron chi connectivity index (χ1n) is 4.91. The minimum atomic E-state index is 0.725. The van der Waals surface area contributed by atoms with Crippen LogP contribution in [0.5, 0.6) is 0 Å². The zero-order chi connectivity index (χ0) is 11.5. The molecule has 2 heterocycles. The lowest BCUT2D eigenvalue weighted by Crippen LogP contribution is -1.99. The molecule has 0 spiro atoms. The van der Waals surface area contributed by atoms with Crippen LogP contribution in [-0.4, -0.2) is 20.0 Å². The van der Waals surface area contributed by atoms with Crippen molar-refractivity contribution < 1.29 is 0 Å². The van der Waals surface area contributed by atoms with Gasteiger partial charge in [0.25, 0.3) is 0 Å². The molecule has 0 atom stereocenters. The average Bonchev–Trinajstić information content (AvgIpc) is 2.73. The van der Waals surface area contributed by atoms with Gasteiger partial charge in [0.1, 0.15) is 0 Å². The maximum Gasteiger partial charge on any atom is 0.180 e. The molecule has 80 valence electrons. The summed E-state index contributed by atoms with van der Waals surface area (Å²) in [5, 5.41) is 11.5. The van der Waals surface area contributed by atoms with Gasteiger partial charge in [-0.1, -0.05) is 31.4 Å². The number of aryl methyl sites for hydroxylation is 1. The third-order valence-corrected chi connectivity index (χ3v) is 2.36. The van der Waals surface area contributed by atoms with Gasteiger partial charge >= 0.3 is 0 Å². The van der Waals surface area contributed by atoms with Gasteiger partial charge in [0, 0.05) is 5.56 Å². The molecule has 0 aromatic carbocycles. The fourth-order valence-corrected chi connectivity index (χ4v) is 1.62. The Morgan fingerprint density at radius 1 is 1.38 bits per heavy atom. The molecule has 0 aliphatic heterocycles. The van der Waals surface area contributed by atoms with Gasteiger partial charge in [0.05, 0.1) is 5.69 Å². The Hall–Kier alpha value is -2.23. The first kappa shape index (κ1) is 10.3. The van der Waals surface area contributed by atoms with Crippen LogP contribution in [0, 0.1) is 6.92 Å². The fraction of sp³-hybridized carbons (Fsp3) is 0.0833. The maximum absolute atomic E-state index is 3.92. The Labute approximate surface area is 93.6 Å². The number of hydrogen-bond donors (Lipinski definition) is 0. The molecule has 2 aromatic rings. The fourth-order valence-electron chi connectivity index (χ4n) is 1.62. The van der Waals surface area contributed by atoms with E-state index in [1.165, 1.54) is 0 Å². The molecule has 4 nitrogen and oxygen atoms in total.